The van der Waals surface area contributed by atoms with Gasteiger partial charge >= 0.3 is 0 Å². The standard InChI is InChI=1S/C21H24N2O2S/c1-15-5-6-16(2)19(13-15)22-20(24)14-23(3)21(25)12-9-17-7-10-18(26-4)11-8-17/h5-13H,14H2,1-4H3,(H,22,24)/b12-9+. The van der Waals surface area contributed by atoms with E-state index in [2.05, 4.69) is 5.32 Å². The highest BCUT2D eigenvalue weighted by molar-refractivity contribution is 7.98. The van der Waals surface area contributed by atoms with Crippen molar-refractivity contribution in [3.8, 4) is 0 Å². The molecule has 0 fully saturated rings. The number of carbonyl (C=O) groups is 2. The van der Waals surface area contributed by atoms with Gasteiger partial charge in [-0.2, -0.15) is 0 Å². The van der Waals surface area contributed by atoms with Crippen LogP contribution in [0, 0.1) is 13.8 Å². The number of anilines is 1. The lowest BCUT2D eigenvalue weighted by Crippen LogP contribution is -2.34. The number of aryl methyl sites for hydroxylation is 2. The molecule has 0 spiro atoms. The molecule has 0 saturated heterocycles. The van der Waals surface area contributed by atoms with Gasteiger partial charge in [-0.15, -0.1) is 11.8 Å². The van der Waals surface area contributed by atoms with Crippen LogP contribution in [0.3, 0.4) is 0 Å². The molecule has 2 amide bonds. The van der Waals surface area contributed by atoms with Gasteiger partial charge in [-0.05, 0) is 61.1 Å². The minimum atomic E-state index is -0.215. The number of benzene rings is 2. The molecule has 1 N–H and O–H groups in total. The first kappa shape index (κ1) is 19.8. The van der Waals surface area contributed by atoms with Crippen LogP contribution in [0.15, 0.2) is 53.4 Å². The zero-order chi connectivity index (χ0) is 19.1. The molecule has 0 aliphatic heterocycles. The predicted molar refractivity (Wildman–Crippen MR) is 109 cm³/mol. The second kappa shape index (κ2) is 9.25. The van der Waals surface area contributed by atoms with Crippen molar-refractivity contribution >= 4 is 35.3 Å². The monoisotopic (exact) mass is 368 g/mol. The molecule has 4 nitrogen and oxygen atoms in total. The number of hydrogen-bond donors (Lipinski definition) is 1. The van der Waals surface area contributed by atoms with E-state index in [0.717, 1.165) is 22.4 Å². The molecule has 2 rings (SSSR count). The minimum absolute atomic E-state index is 0.00195. The molecular weight excluding hydrogens is 344 g/mol. The first-order valence-electron chi connectivity index (χ1n) is 8.33. The van der Waals surface area contributed by atoms with E-state index in [1.807, 2.05) is 62.6 Å². The summed E-state index contributed by atoms with van der Waals surface area (Å²) in [6.07, 6.45) is 5.26. The average Bonchev–Trinajstić information content (AvgIpc) is 2.63. The van der Waals surface area contributed by atoms with Crippen LogP contribution in [0.2, 0.25) is 0 Å². The Hall–Kier alpha value is -2.53. The molecule has 136 valence electrons. The molecule has 0 aliphatic carbocycles. The van der Waals surface area contributed by atoms with E-state index in [-0.39, 0.29) is 18.4 Å². The van der Waals surface area contributed by atoms with E-state index >= 15 is 0 Å². The maximum Gasteiger partial charge on any atom is 0.246 e. The van der Waals surface area contributed by atoms with Crippen LogP contribution >= 0.6 is 11.8 Å². The van der Waals surface area contributed by atoms with Gasteiger partial charge in [0.15, 0.2) is 0 Å². The van der Waals surface area contributed by atoms with Gasteiger partial charge in [-0.25, -0.2) is 0 Å². The number of hydrogen-bond acceptors (Lipinski definition) is 3. The van der Waals surface area contributed by atoms with Gasteiger partial charge in [0.1, 0.15) is 0 Å². The van der Waals surface area contributed by atoms with Crippen LogP contribution in [0.25, 0.3) is 6.08 Å². The number of nitrogens with zero attached hydrogens (tertiary/aromatic N) is 1. The van der Waals surface area contributed by atoms with Crippen molar-refractivity contribution in [2.75, 3.05) is 25.2 Å². The van der Waals surface area contributed by atoms with E-state index in [9.17, 15) is 9.59 Å². The van der Waals surface area contributed by atoms with Crippen molar-refractivity contribution in [3.63, 3.8) is 0 Å². The van der Waals surface area contributed by atoms with Crippen LogP contribution in [0.4, 0.5) is 5.69 Å². The van der Waals surface area contributed by atoms with E-state index in [0.29, 0.717) is 0 Å². The van der Waals surface area contributed by atoms with Gasteiger partial charge in [-0.1, -0.05) is 24.3 Å². The maximum atomic E-state index is 12.2. The average molecular weight is 369 g/mol. The third kappa shape index (κ3) is 5.77. The number of thioether (sulfide) groups is 1. The fourth-order valence-corrected chi connectivity index (χ4v) is 2.77. The molecule has 0 saturated carbocycles. The molecule has 5 heteroatoms. The smallest absolute Gasteiger partial charge is 0.246 e. The van der Waals surface area contributed by atoms with Crippen LogP contribution < -0.4 is 5.32 Å². The van der Waals surface area contributed by atoms with Crippen molar-refractivity contribution in [1.29, 1.82) is 0 Å². The fraction of sp³-hybridized carbons (Fsp3) is 0.238. The van der Waals surface area contributed by atoms with Gasteiger partial charge in [0.25, 0.3) is 0 Å². The summed E-state index contributed by atoms with van der Waals surface area (Å²) in [5.74, 6) is -0.428. The summed E-state index contributed by atoms with van der Waals surface area (Å²) in [6, 6.07) is 13.8. The SMILES string of the molecule is CSc1ccc(/C=C/C(=O)N(C)CC(=O)Nc2cc(C)ccc2C)cc1. The van der Waals surface area contributed by atoms with Crippen molar-refractivity contribution in [1.82, 2.24) is 4.90 Å². The lowest BCUT2D eigenvalue weighted by atomic mass is 10.1. The molecular formula is C21H24N2O2S. The third-order valence-corrected chi connectivity index (χ3v) is 4.70. The Morgan fingerprint density at radius 1 is 1.12 bits per heavy atom. The zero-order valence-electron chi connectivity index (χ0n) is 15.6. The van der Waals surface area contributed by atoms with Crippen molar-refractivity contribution in [3.05, 3.63) is 65.2 Å². The molecule has 0 atom stereocenters. The zero-order valence-corrected chi connectivity index (χ0v) is 16.4. The molecule has 0 heterocycles. The Balaban J connectivity index is 1.92. The van der Waals surface area contributed by atoms with Crippen molar-refractivity contribution in [2.45, 2.75) is 18.7 Å². The topological polar surface area (TPSA) is 49.4 Å². The summed E-state index contributed by atoms with van der Waals surface area (Å²) in [4.78, 5) is 27.0. The van der Waals surface area contributed by atoms with Crippen molar-refractivity contribution < 1.29 is 9.59 Å². The van der Waals surface area contributed by atoms with Crippen LogP contribution in [0.1, 0.15) is 16.7 Å². The van der Waals surface area contributed by atoms with E-state index in [4.69, 9.17) is 0 Å². The number of carbonyl (C=O) groups excluding carboxylic acids is 2. The summed E-state index contributed by atoms with van der Waals surface area (Å²) >= 11 is 1.67. The number of likely N-dealkylation sites (N-methyl/N-ethyl adjacent to an activating group) is 1. The number of nitrogens with one attached hydrogen (secondary N) is 1. The third-order valence-electron chi connectivity index (χ3n) is 3.96. The molecule has 0 aromatic heterocycles. The molecule has 2 aromatic carbocycles. The van der Waals surface area contributed by atoms with Gasteiger partial charge in [0, 0.05) is 23.7 Å². The molecule has 2 aromatic rings. The second-order valence-electron chi connectivity index (χ2n) is 6.17. The normalized spacial score (nSPS) is 10.8. The quantitative estimate of drug-likeness (QED) is 0.616. The molecule has 26 heavy (non-hydrogen) atoms. The maximum absolute atomic E-state index is 12.2. The summed E-state index contributed by atoms with van der Waals surface area (Å²) in [6.45, 7) is 3.91. The Morgan fingerprint density at radius 3 is 2.46 bits per heavy atom. The van der Waals surface area contributed by atoms with Crippen LogP contribution in [-0.4, -0.2) is 36.6 Å². The highest BCUT2D eigenvalue weighted by atomic mass is 32.2. The Morgan fingerprint density at radius 2 is 1.81 bits per heavy atom. The van der Waals surface area contributed by atoms with Crippen LogP contribution in [-0.2, 0) is 9.59 Å². The summed E-state index contributed by atoms with van der Waals surface area (Å²) in [5.41, 5.74) is 3.79. The van der Waals surface area contributed by atoms with Crippen molar-refractivity contribution in [2.24, 2.45) is 0 Å². The first-order valence-corrected chi connectivity index (χ1v) is 9.56. The van der Waals surface area contributed by atoms with E-state index in [1.165, 1.54) is 15.9 Å². The van der Waals surface area contributed by atoms with E-state index < -0.39 is 0 Å². The number of amides is 2. The predicted octanol–water partition coefficient (Wildman–Crippen LogP) is 4.14. The molecule has 0 aliphatic rings. The molecule has 0 unspecified atom stereocenters. The van der Waals surface area contributed by atoms with Gasteiger partial charge < -0.3 is 10.2 Å². The largest absolute Gasteiger partial charge is 0.333 e. The minimum Gasteiger partial charge on any atom is -0.333 e. The van der Waals surface area contributed by atoms with E-state index in [1.54, 1.807) is 24.9 Å². The molecule has 0 bridgehead atoms. The Labute approximate surface area is 159 Å². The molecule has 0 radical (unpaired) electrons. The second-order valence-corrected chi connectivity index (χ2v) is 7.05. The van der Waals surface area contributed by atoms with Gasteiger partial charge in [0.05, 0.1) is 6.54 Å². The summed E-state index contributed by atoms with van der Waals surface area (Å²) < 4.78 is 0. The fourth-order valence-electron chi connectivity index (χ4n) is 2.36. The Bertz CT molecular complexity index is 813. The number of rotatable bonds is 6. The summed E-state index contributed by atoms with van der Waals surface area (Å²) in [5, 5.41) is 2.86. The lowest BCUT2D eigenvalue weighted by molar-refractivity contribution is -0.129. The van der Waals surface area contributed by atoms with Gasteiger partial charge in [0.2, 0.25) is 11.8 Å². The summed E-state index contributed by atoms with van der Waals surface area (Å²) in [7, 11) is 1.62. The highest BCUT2D eigenvalue weighted by Crippen LogP contribution is 2.17. The Kier molecular flexibility index (Phi) is 7.04. The van der Waals surface area contributed by atoms with Crippen LogP contribution in [0.5, 0.6) is 0 Å². The first-order chi connectivity index (χ1) is 12.4. The van der Waals surface area contributed by atoms with Gasteiger partial charge in [-0.3, -0.25) is 9.59 Å². The lowest BCUT2D eigenvalue weighted by Gasteiger charge is -2.16. The highest BCUT2D eigenvalue weighted by Gasteiger charge is 2.11.